The average molecular weight is 489 g/mol. The molecule has 1 unspecified atom stereocenters. The number of urea groups is 1. The molecule has 0 aliphatic carbocycles. The highest BCUT2D eigenvalue weighted by atomic mass is 35.5. The van der Waals surface area contributed by atoms with Crippen LogP contribution in [-0.4, -0.2) is 30.6 Å². The lowest BCUT2D eigenvalue weighted by Gasteiger charge is -2.43. The molecule has 0 spiro atoms. The number of hydrogen-bond donors (Lipinski definition) is 1. The molecule has 1 fully saturated rings. The average Bonchev–Trinajstić information content (AvgIpc) is 2.80. The van der Waals surface area contributed by atoms with E-state index in [2.05, 4.69) is 10.2 Å². The number of nitrogens with zero attached hydrogens (tertiary/aromatic N) is 2. The Morgan fingerprint density at radius 3 is 2.31 bits per heavy atom. The summed E-state index contributed by atoms with van der Waals surface area (Å²) in [5.74, 6) is 0. The van der Waals surface area contributed by atoms with Gasteiger partial charge in [0.25, 0.3) is 0 Å². The predicted octanol–water partition coefficient (Wildman–Crippen LogP) is 6.98. The van der Waals surface area contributed by atoms with E-state index in [-0.39, 0.29) is 18.1 Å². The number of hydrogen-bond acceptors (Lipinski definition) is 2. The molecule has 2 amide bonds. The van der Waals surface area contributed by atoms with Crippen LogP contribution in [0.1, 0.15) is 30.1 Å². The number of carbonyl (C=O) groups is 1. The zero-order valence-corrected chi connectivity index (χ0v) is 19.9. The molecule has 1 aliphatic rings. The predicted molar refractivity (Wildman–Crippen MR) is 133 cm³/mol. The fourth-order valence-electron chi connectivity index (χ4n) is 4.04. The number of rotatable bonds is 4. The van der Waals surface area contributed by atoms with E-state index in [1.807, 2.05) is 78.6 Å². The van der Waals surface area contributed by atoms with E-state index in [0.29, 0.717) is 34.7 Å². The number of amides is 2. The van der Waals surface area contributed by atoms with Crippen LogP contribution in [0.25, 0.3) is 0 Å². The van der Waals surface area contributed by atoms with Gasteiger partial charge in [-0.3, -0.25) is 0 Å². The third kappa shape index (κ3) is 5.15. The smallest absolute Gasteiger partial charge is 0.318 e. The van der Waals surface area contributed by atoms with Crippen molar-refractivity contribution in [2.24, 2.45) is 0 Å². The lowest BCUT2D eigenvalue weighted by Crippen LogP contribution is -2.53. The molecule has 4 nitrogen and oxygen atoms in total. The van der Waals surface area contributed by atoms with E-state index in [1.165, 1.54) is 0 Å². The van der Waals surface area contributed by atoms with Crippen LogP contribution in [0.5, 0.6) is 0 Å². The van der Waals surface area contributed by atoms with Crippen molar-refractivity contribution in [3.05, 3.63) is 99.0 Å². The maximum Gasteiger partial charge on any atom is 0.318 e. The van der Waals surface area contributed by atoms with Crippen molar-refractivity contribution >= 4 is 46.5 Å². The molecule has 3 aromatic carbocycles. The minimum absolute atomic E-state index is 0.0718. The first-order valence-electron chi connectivity index (χ1n) is 10.5. The van der Waals surface area contributed by atoms with Crippen molar-refractivity contribution in [2.75, 3.05) is 24.5 Å². The fraction of sp³-hybridized carbons (Fsp3) is 0.240. The quantitative estimate of drug-likeness (QED) is 0.430. The van der Waals surface area contributed by atoms with Crippen LogP contribution in [0.3, 0.4) is 0 Å². The summed E-state index contributed by atoms with van der Waals surface area (Å²) in [6, 6.07) is 23.0. The van der Waals surface area contributed by atoms with Crippen molar-refractivity contribution in [3.8, 4) is 0 Å². The molecule has 3 aromatic rings. The molecule has 0 radical (unpaired) electrons. The molecule has 1 aliphatic heterocycles. The first-order chi connectivity index (χ1) is 15.4. The van der Waals surface area contributed by atoms with Crippen LogP contribution < -0.4 is 10.2 Å². The van der Waals surface area contributed by atoms with E-state index in [9.17, 15) is 4.79 Å². The summed E-state index contributed by atoms with van der Waals surface area (Å²) in [6.07, 6.45) is 0. The van der Waals surface area contributed by atoms with Crippen molar-refractivity contribution in [3.63, 3.8) is 0 Å². The monoisotopic (exact) mass is 487 g/mol. The van der Waals surface area contributed by atoms with Crippen LogP contribution in [0.4, 0.5) is 10.5 Å². The van der Waals surface area contributed by atoms with Crippen LogP contribution in [-0.2, 0) is 0 Å². The van der Waals surface area contributed by atoms with Gasteiger partial charge in [0.15, 0.2) is 0 Å². The fourth-order valence-corrected chi connectivity index (χ4v) is 4.68. The molecule has 1 heterocycles. The second-order valence-corrected chi connectivity index (χ2v) is 9.16. The van der Waals surface area contributed by atoms with Gasteiger partial charge in [-0.1, -0.05) is 77.3 Å². The molecule has 4 rings (SSSR count). The van der Waals surface area contributed by atoms with Crippen LogP contribution in [0.2, 0.25) is 15.1 Å². The molecule has 166 valence electrons. The Hall–Kier alpha value is -2.40. The highest BCUT2D eigenvalue weighted by Crippen LogP contribution is 2.37. The Morgan fingerprint density at radius 1 is 0.938 bits per heavy atom. The normalized spacial score (nSPS) is 17.2. The van der Waals surface area contributed by atoms with Gasteiger partial charge in [-0.05, 0) is 48.4 Å². The van der Waals surface area contributed by atoms with Gasteiger partial charge < -0.3 is 15.1 Å². The van der Waals surface area contributed by atoms with Gasteiger partial charge in [0, 0.05) is 29.7 Å². The number of anilines is 1. The maximum absolute atomic E-state index is 13.1. The molecular weight excluding hydrogens is 465 g/mol. The number of nitrogens with one attached hydrogen (secondary N) is 1. The Kier molecular flexibility index (Phi) is 7.14. The Bertz CT molecular complexity index is 1080. The number of halogens is 3. The summed E-state index contributed by atoms with van der Waals surface area (Å²) < 4.78 is 0. The van der Waals surface area contributed by atoms with E-state index >= 15 is 0 Å². The van der Waals surface area contributed by atoms with Crippen LogP contribution >= 0.6 is 34.8 Å². The highest BCUT2D eigenvalue weighted by Gasteiger charge is 2.32. The SMILES string of the molecule is C[C@@H](NC(=O)N1CCN(c2ccc(Cl)cc2Cl)C(c2ccc(Cl)cc2)C1)c1ccccc1. The summed E-state index contributed by atoms with van der Waals surface area (Å²) >= 11 is 18.8. The lowest BCUT2D eigenvalue weighted by molar-refractivity contribution is 0.182. The first kappa shape index (κ1) is 22.8. The van der Waals surface area contributed by atoms with Crippen LogP contribution in [0.15, 0.2) is 72.8 Å². The second kappa shape index (κ2) is 10.0. The van der Waals surface area contributed by atoms with Gasteiger partial charge in [0.2, 0.25) is 0 Å². The third-order valence-electron chi connectivity index (χ3n) is 5.78. The van der Waals surface area contributed by atoms with Crippen molar-refractivity contribution in [1.29, 1.82) is 0 Å². The number of carbonyl (C=O) groups excluding carboxylic acids is 1. The number of piperazine rings is 1. The molecular formula is C25H24Cl3N3O. The first-order valence-corrected chi connectivity index (χ1v) is 11.6. The second-order valence-electron chi connectivity index (χ2n) is 7.88. The summed E-state index contributed by atoms with van der Waals surface area (Å²) in [4.78, 5) is 17.2. The molecule has 0 bridgehead atoms. The third-order valence-corrected chi connectivity index (χ3v) is 6.57. The Balaban J connectivity index is 1.57. The summed E-state index contributed by atoms with van der Waals surface area (Å²) in [7, 11) is 0. The minimum atomic E-state index is -0.0820. The van der Waals surface area contributed by atoms with E-state index in [4.69, 9.17) is 34.8 Å². The van der Waals surface area contributed by atoms with Crippen molar-refractivity contribution in [1.82, 2.24) is 10.2 Å². The van der Waals surface area contributed by atoms with Gasteiger partial charge in [0.05, 0.1) is 22.8 Å². The topological polar surface area (TPSA) is 35.6 Å². The van der Waals surface area contributed by atoms with Crippen molar-refractivity contribution in [2.45, 2.75) is 19.0 Å². The summed E-state index contributed by atoms with van der Waals surface area (Å²) in [5.41, 5.74) is 3.03. The minimum Gasteiger partial charge on any atom is -0.360 e. The van der Waals surface area contributed by atoms with E-state index in [0.717, 1.165) is 16.8 Å². The molecule has 32 heavy (non-hydrogen) atoms. The molecule has 0 aromatic heterocycles. The van der Waals surface area contributed by atoms with Gasteiger partial charge in [-0.25, -0.2) is 4.79 Å². The largest absolute Gasteiger partial charge is 0.360 e. The van der Waals surface area contributed by atoms with Gasteiger partial charge in [-0.2, -0.15) is 0 Å². The molecule has 7 heteroatoms. The summed E-state index contributed by atoms with van der Waals surface area (Å²) in [5, 5.41) is 4.98. The molecule has 0 saturated carbocycles. The zero-order chi connectivity index (χ0) is 22.7. The van der Waals surface area contributed by atoms with Gasteiger partial charge in [-0.15, -0.1) is 0 Å². The highest BCUT2D eigenvalue weighted by molar-refractivity contribution is 6.36. The van der Waals surface area contributed by atoms with Crippen LogP contribution in [0, 0.1) is 0 Å². The van der Waals surface area contributed by atoms with E-state index in [1.54, 1.807) is 6.07 Å². The lowest BCUT2D eigenvalue weighted by atomic mass is 10.0. The molecule has 1 N–H and O–H groups in total. The standard InChI is InChI=1S/C25H24Cl3N3O/c1-17(18-5-3-2-4-6-18)29-25(32)30-13-14-31(23-12-11-21(27)15-22(23)28)24(16-30)19-7-9-20(26)10-8-19/h2-12,15,17,24H,13-14,16H2,1H3,(H,29,32)/t17-,24?/m1/s1. The van der Waals surface area contributed by atoms with Gasteiger partial charge >= 0.3 is 6.03 Å². The van der Waals surface area contributed by atoms with Gasteiger partial charge in [0.1, 0.15) is 0 Å². The number of benzene rings is 3. The summed E-state index contributed by atoms with van der Waals surface area (Å²) in [6.45, 7) is 3.74. The Morgan fingerprint density at radius 2 is 1.62 bits per heavy atom. The van der Waals surface area contributed by atoms with E-state index < -0.39 is 0 Å². The molecule has 2 atom stereocenters. The Labute approximate surface area is 203 Å². The zero-order valence-electron chi connectivity index (χ0n) is 17.6. The van der Waals surface area contributed by atoms with Crippen molar-refractivity contribution < 1.29 is 4.79 Å². The maximum atomic E-state index is 13.1. The molecule has 1 saturated heterocycles.